The lowest BCUT2D eigenvalue weighted by Gasteiger charge is -2.28. The van der Waals surface area contributed by atoms with E-state index in [9.17, 15) is 19.5 Å². The zero-order valence-electron chi connectivity index (χ0n) is 13.6. The largest absolute Gasteiger partial charge is 0.511 e. The van der Waals surface area contributed by atoms with Gasteiger partial charge in [-0.25, -0.2) is 4.99 Å². The number of esters is 1. The molecule has 6 nitrogen and oxygen atoms in total. The van der Waals surface area contributed by atoms with Crippen molar-refractivity contribution < 1.29 is 29.2 Å². The van der Waals surface area contributed by atoms with Crippen LogP contribution < -0.4 is 4.99 Å². The van der Waals surface area contributed by atoms with Gasteiger partial charge in [-0.1, -0.05) is 13.8 Å². The van der Waals surface area contributed by atoms with Crippen LogP contribution in [-0.4, -0.2) is 42.0 Å². The van der Waals surface area contributed by atoms with E-state index in [0.717, 1.165) is 0 Å². The Kier molecular flexibility index (Phi) is 6.02. The molecule has 0 amide bonds. The molecule has 0 aromatic rings. The number of carbonyl (C=O) groups excluding carboxylic acids is 3. The molecule has 22 heavy (non-hydrogen) atoms. The van der Waals surface area contributed by atoms with Crippen LogP contribution in [0.15, 0.2) is 11.3 Å². The minimum Gasteiger partial charge on any atom is -0.511 e. The Morgan fingerprint density at radius 2 is 1.95 bits per heavy atom. The first-order valence-corrected chi connectivity index (χ1v) is 7.28. The van der Waals surface area contributed by atoms with E-state index in [0.29, 0.717) is 30.7 Å². The maximum absolute atomic E-state index is 12.1. The van der Waals surface area contributed by atoms with Gasteiger partial charge in [0.1, 0.15) is 30.1 Å². The van der Waals surface area contributed by atoms with Crippen LogP contribution in [0.2, 0.25) is 0 Å². The van der Waals surface area contributed by atoms with Gasteiger partial charge >= 0.3 is 5.97 Å². The van der Waals surface area contributed by atoms with Crippen molar-refractivity contribution in [3.63, 3.8) is 0 Å². The zero-order valence-corrected chi connectivity index (χ0v) is 13.6. The normalized spacial score (nSPS) is 18.4. The zero-order chi connectivity index (χ0) is 16.9. The predicted molar refractivity (Wildman–Crippen MR) is 80.4 cm³/mol. The Hall–Kier alpha value is -1.98. The number of Topliss-reactive ketones (excluding diaryl/α,β-unsaturated/α-hetero) is 2. The lowest BCUT2D eigenvalue weighted by Crippen LogP contribution is -2.73. The number of rotatable bonds is 6. The fourth-order valence-corrected chi connectivity index (χ4v) is 2.51. The minimum absolute atomic E-state index is 0.0899. The van der Waals surface area contributed by atoms with E-state index in [4.69, 9.17) is 0 Å². The average molecular weight is 310 g/mol. The van der Waals surface area contributed by atoms with Gasteiger partial charge in [-0.05, 0) is 5.41 Å². The summed E-state index contributed by atoms with van der Waals surface area (Å²) < 4.78 is 4.42. The Bertz CT molecular complexity index is 543. The number of ketones is 2. The molecule has 2 N–H and O–H groups in total. The van der Waals surface area contributed by atoms with E-state index in [1.807, 2.05) is 13.8 Å². The van der Waals surface area contributed by atoms with Gasteiger partial charge in [0.25, 0.3) is 0 Å². The molecule has 0 aromatic carbocycles. The molecule has 0 heterocycles. The first-order valence-electron chi connectivity index (χ1n) is 7.28. The maximum Gasteiger partial charge on any atom is 0.313 e. The summed E-state index contributed by atoms with van der Waals surface area (Å²) in [5, 5.41) is 10.1. The monoisotopic (exact) mass is 310 g/mol. The molecule has 0 saturated heterocycles. The van der Waals surface area contributed by atoms with Gasteiger partial charge in [-0.2, -0.15) is 0 Å². The van der Waals surface area contributed by atoms with Gasteiger partial charge in [0.15, 0.2) is 11.5 Å². The van der Waals surface area contributed by atoms with Crippen molar-refractivity contribution in [1.82, 2.24) is 0 Å². The van der Waals surface area contributed by atoms with E-state index >= 15 is 0 Å². The highest BCUT2D eigenvalue weighted by Crippen LogP contribution is 2.35. The first kappa shape index (κ1) is 18.1. The molecule has 0 radical (unpaired) electrons. The summed E-state index contributed by atoms with van der Waals surface area (Å²) in [5.74, 6) is -0.802. The van der Waals surface area contributed by atoms with Gasteiger partial charge in [-0.3, -0.25) is 14.4 Å². The molecular weight excluding hydrogens is 286 g/mol. The summed E-state index contributed by atoms with van der Waals surface area (Å²) in [6.45, 7) is 5.87. The highest BCUT2D eigenvalue weighted by Gasteiger charge is 2.35. The molecule has 0 spiro atoms. The van der Waals surface area contributed by atoms with E-state index in [1.54, 1.807) is 6.92 Å². The Morgan fingerprint density at radius 1 is 1.32 bits per heavy atom. The highest BCUT2D eigenvalue weighted by molar-refractivity contribution is 6.20. The number of aliphatic hydroxyl groups is 1. The number of ether oxygens (including phenoxy) is 1. The Labute approximate surface area is 130 Å². The summed E-state index contributed by atoms with van der Waals surface area (Å²) in [4.78, 5) is 37.6. The van der Waals surface area contributed by atoms with E-state index in [1.165, 1.54) is 7.11 Å². The molecule has 1 aliphatic rings. The van der Waals surface area contributed by atoms with Gasteiger partial charge in [0, 0.05) is 19.8 Å². The number of allylic oxidation sites excluding steroid dienone is 2. The third kappa shape index (κ3) is 5.09. The van der Waals surface area contributed by atoms with Gasteiger partial charge < -0.3 is 9.84 Å². The quantitative estimate of drug-likeness (QED) is 0.417. The number of nitrogens with one attached hydrogen (secondary N) is 1. The smallest absolute Gasteiger partial charge is 0.313 e. The van der Waals surface area contributed by atoms with Crippen LogP contribution in [0, 0.1) is 5.41 Å². The summed E-state index contributed by atoms with van der Waals surface area (Å²) in [7, 11) is 1.23. The number of carbonyl (C=O) groups is 3. The van der Waals surface area contributed by atoms with Crippen LogP contribution in [0.4, 0.5) is 0 Å². The molecule has 1 aliphatic carbocycles. The molecule has 6 heteroatoms. The van der Waals surface area contributed by atoms with Crippen LogP contribution in [-0.2, 0) is 19.1 Å². The summed E-state index contributed by atoms with van der Waals surface area (Å²) >= 11 is 0. The molecule has 0 fully saturated rings. The lowest BCUT2D eigenvalue weighted by atomic mass is 9.76. The number of aliphatic hydroxyl groups excluding tert-OH is 1. The average Bonchev–Trinajstić information content (AvgIpc) is 2.35. The molecule has 1 rings (SSSR count). The number of hydrogen-bond acceptors (Lipinski definition) is 5. The second kappa shape index (κ2) is 7.33. The number of hydrogen-bond donors (Lipinski definition) is 2. The Morgan fingerprint density at radius 3 is 2.50 bits per heavy atom. The fraction of sp³-hybridized carbons (Fsp3) is 0.625. The lowest BCUT2D eigenvalue weighted by molar-refractivity contribution is -0.455. The molecule has 122 valence electrons. The van der Waals surface area contributed by atoms with Gasteiger partial charge in [0.2, 0.25) is 0 Å². The summed E-state index contributed by atoms with van der Waals surface area (Å²) in [6.07, 6.45) is 0.736. The SMILES string of the molecule is COC(=O)CC(=O)CC[NH+]=C(C)C1=C(O)CC(C)(C)CC1=O. The number of methoxy groups -OCH3 is 1. The van der Waals surface area contributed by atoms with Crippen LogP contribution in [0.5, 0.6) is 0 Å². The predicted octanol–water partition coefficient (Wildman–Crippen LogP) is 0.251. The molecule has 0 bridgehead atoms. The Balaban J connectivity index is 2.67. The van der Waals surface area contributed by atoms with Gasteiger partial charge in [-0.15, -0.1) is 0 Å². The second-order valence-electron chi connectivity index (χ2n) is 6.36. The van der Waals surface area contributed by atoms with Crippen LogP contribution >= 0.6 is 0 Å². The van der Waals surface area contributed by atoms with Crippen molar-refractivity contribution >= 4 is 23.2 Å². The highest BCUT2D eigenvalue weighted by atomic mass is 16.5. The van der Waals surface area contributed by atoms with Crippen LogP contribution in [0.3, 0.4) is 0 Å². The van der Waals surface area contributed by atoms with Crippen molar-refractivity contribution in [2.45, 2.75) is 46.5 Å². The topological polar surface area (TPSA) is 94.6 Å². The molecular formula is C16H24NO5+. The first-order chi connectivity index (χ1) is 10.2. The molecule has 0 saturated carbocycles. The van der Waals surface area contributed by atoms with E-state index < -0.39 is 5.97 Å². The molecule has 0 aliphatic heterocycles. The second-order valence-corrected chi connectivity index (χ2v) is 6.36. The fourth-order valence-electron chi connectivity index (χ4n) is 2.51. The van der Waals surface area contributed by atoms with Crippen molar-refractivity contribution in [3.05, 3.63) is 11.3 Å². The summed E-state index contributed by atoms with van der Waals surface area (Å²) in [6, 6.07) is 0. The molecule has 0 aromatic heterocycles. The maximum atomic E-state index is 12.1. The third-order valence-electron chi connectivity index (χ3n) is 3.59. The van der Waals surface area contributed by atoms with Gasteiger partial charge in [0.05, 0.1) is 13.5 Å². The third-order valence-corrected chi connectivity index (χ3v) is 3.59. The van der Waals surface area contributed by atoms with Crippen molar-refractivity contribution in [2.75, 3.05) is 13.7 Å². The molecule has 0 unspecified atom stereocenters. The van der Waals surface area contributed by atoms with Crippen LogP contribution in [0.1, 0.15) is 46.5 Å². The van der Waals surface area contributed by atoms with Crippen molar-refractivity contribution in [1.29, 1.82) is 0 Å². The standard InChI is InChI=1S/C16H23NO5/c1-10(17-6-5-11(18)7-14(21)22-4)15-12(19)8-16(2,3)9-13(15)20/h19H,5-9H2,1-4H3/p+1. The van der Waals surface area contributed by atoms with Crippen molar-refractivity contribution in [3.8, 4) is 0 Å². The minimum atomic E-state index is -0.559. The van der Waals surface area contributed by atoms with E-state index in [-0.39, 0.29) is 35.6 Å². The van der Waals surface area contributed by atoms with Crippen molar-refractivity contribution in [2.24, 2.45) is 5.41 Å². The van der Waals surface area contributed by atoms with Crippen LogP contribution in [0.25, 0.3) is 0 Å². The molecule has 0 atom stereocenters. The summed E-state index contributed by atoms with van der Waals surface area (Å²) in [5.41, 5.74) is 0.644. The van der Waals surface area contributed by atoms with E-state index in [2.05, 4.69) is 9.73 Å².